The van der Waals surface area contributed by atoms with Gasteiger partial charge in [0.15, 0.2) is 11.5 Å². The van der Waals surface area contributed by atoms with Gasteiger partial charge >= 0.3 is 0 Å². The summed E-state index contributed by atoms with van der Waals surface area (Å²) in [6, 6.07) is 6.10. The summed E-state index contributed by atoms with van der Waals surface area (Å²) >= 11 is 0. The third-order valence-corrected chi connectivity index (χ3v) is 5.60. The van der Waals surface area contributed by atoms with E-state index in [0.29, 0.717) is 41.9 Å². The molecule has 0 spiro atoms. The van der Waals surface area contributed by atoms with Crippen LogP contribution in [0, 0.1) is 18.6 Å². The van der Waals surface area contributed by atoms with E-state index in [1.807, 2.05) is 23.1 Å². The van der Waals surface area contributed by atoms with E-state index in [9.17, 15) is 8.78 Å². The van der Waals surface area contributed by atoms with E-state index in [1.54, 1.807) is 6.92 Å². The van der Waals surface area contributed by atoms with Crippen LogP contribution in [-0.2, 0) is 4.74 Å². The van der Waals surface area contributed by atoms with Crippen molar-refractivity contribution < 1.29 is 17.9 Å². The molecular weight excluding hydrogens is 416 g/mol. The maximum atomic E-state index is 14.3. The summed E-state index contributed by atoms with van der Waals surface area (Å²) in [5.41, 5.74) is 1.18. The monoisotopic (exact) mass is 439 g/mol. The number of benzene rings is 1. The highest BCUT2D eigenvalue weighted by Gasteiger charge is 2.24. The zero-order valence-electron chi connectivity index (χ0n) is 17.7. The lowest BCUT2D eigenvalue weighted by Gasteiger charge is -2.21. The number of fused-ring (bicyclic) bond motifs is 1. The van der Waals surface area contributed by atoms with Crippen molar-refractivity contribution in [2.24, 2.45) is 0 Å². The van der Waals surface area contributed by atoms with Crippen LogP contribution in [0.5, 0.6) is 0 Å². The fraction of sp³-hybridized carbons (Fsp3) is 0.391. The van der Waals surface area contributed by atoms with E-state index >= 15 is 0 Å². The van der Waals surface area contributed by atoms with Crippen molar-refractivity contribution in [3.8, 4) is 11.3 Å². The van der Waals surface area contributed by atoms with E-state index in [1.165, 1.54) is 25.0 Å². The van der Waals surface area contributed by atoms with Gasteiger partial charge in [0, 0.05) is 50.1 Å². The average molecular weight is 439 g/mol. The highest BCUT2D eigenvalue weighted by molar-refractivity contribution is 5.85. The molecule has 4 heterocycles. The molecule has 1 saturated carbocycles. The van der Waals surface area contributed by atoms with Crippen LogP contribution in [0.1, 0.15) is 49.4 Å². The quantitative estimate of drug-likeness (QED) is 0.448. The summed E-state index contributed by atoms with van der Waals surface area (Å²) in [5.74, 6) is -0.186. The van der Waals surface area contributed by atoms with Gasteiger partial charge in [-0.3, -0.25) is 4.68 Å². The highest BCUT2D eigenvalue weighted by atomic mass is 19.1. The third-order valence-electron chi connectivity index (χ3n) is 5.60. The minimum Gasteiger partial charge on any atom is -0.437 e. The van der Waals surface area contributed by atoms with Gasteiger partial charge in [0.05, 0.1) is 6.04 Å². The number of nitrogens with zero attached hydrogens (tertiary/aromatic N) is 5. The zero-order valence-corrected chi connectivity index (χ0v) is 17.7. The molecule has 7 nitrogen and oxygen atoms in total. The van der Waals surface area contributed by atoms with Gasteiger partial charge in [-0.25, -0.2) is 18.7 Å². The number of oxazole rings is 1. The molecule has 0 amide bonds. The zero-order chi connectivity index (χ0) is 22.1. The lowest BCUT2D eigenvalue weighted by Crippen LogP contribution is -2.16. The van der Waals surface area contributed by atoms with Crippen LogP contribution in [0.4, 0.5) is 8.78 Å². The molecule has 2 fully saturated rings. The molecule has 32 heavy (non-hydrogen) atoms. The number of rotatable bonds is 3. The van der Waals surface area contributed by atoms with Crippen molar-refractivity contribution in [1.29, 1.82) is 0 Å². The fourth-order valence-corrected chi connectivity index (χ4v) is 3.78. The molecule has 0 bridgehead atoms. The van der Waals surface area contributed by atoms with Crippen LogP contribution in [-0.4, -0.2) is 37.9 Å². The molecule has 6 rings (SSSR count). The van der Waals surface area contributed by atoms with E-state index in [4.69, 9.17) is 9.15 Å². The Hall–Kier alpha value is -3.20. The Kier molecular flexibility index (Phi) is 5.65. The van der Waals surface area contributed by atoms with Crippen molar-refractivity contribution in [1.82, 2.24) is 24.7 Å². The molecule has 4 aromatic rings. The van der Waals surface area contributed by atoms with Crippen LogP contribution >= 0.6 is 0 Å². The minimum absolute atomic E-state index is 0.127. The van der Waals surface area contributed by atoms with E-state index in [0.717, 1.165) is 24.9 Å². The highest BCUT2D eigenvalue weighted by Crippen LogP contribution is 2.34. The van der Waals surface area contributed by atoms with Crippen molar-refractivity contribution in [2.45, 2.75) is 44.6 Å². The van der Waals surface area contributed by atoms with Gasteiger partial charge < -0.3 is 9.15 Å². The lowest BCUT2D eigenvalue weighted by atomic mass is 9.99. The third kappa shape index (κ3) is 4.38. The first kappa shape index (κ1) is 20.7. The summed E-state index contributed by atoms with van der Waals surface area (Å²) in [6.07, 6.45) is 8.10. The first-order valence-electron chi connectivity index (χ1n) is 10.8. The molecular formula is C23H23F2N5O2. The number of ether oxygens (including phenoxy) is 1. The van der Waals surface area contributed by atoms with Gasteiger partial charge in [0.2, 0.25) is 5.65 Å². The van der Waals surface area contributed by atoms with Crippen molar-refractivity contribution in [3.05, 3.63) is 60.0 Å². The summed E-state index contributed by atoms with van der Waals surface area (Å²) in [5, 5.41) is 4.09. The van der Waals surface area contributed by atoms with Crippen molar-refractivity contribution in [3.63, 3.8) is 0 Å². The Balaban J connectivity index is 0.000000225. The summed E-state index contributed by atoms with van der Waals surface area (Å²) in [4.78, 5) is 13.3. The Morgan fingerprint density at radius 1 is 1.03 bits per heavy atom. The number of hydrogen-bond acceptors (Lipinski definition) is 6. The van der Waals surface area contributed by atoms with Gasteiger partial charge in [-0.2, -0.15) is 10.1 Å². The van der Waals surface area contributed by atoms with Gasteiger partial charge in [0.25, 0.3) is 0 Å². The molecule has 1 aliphatic heterocycles. The first-order valence-corrected chi connectivity index (χ1v) is 10.8. The Labute approximate surface area is 183 Å². The number of aromatic nitrogens is 5. The van der Waals surface area contributed by atoms with E-state index < -0.39 is 11.6 Å². The summed E-state index contributed by atoms with van der Waals surface area (Å²) < 4.78 is 40.4. The second-order valence-electron chi connectivity index (χ2n) is 8.04. The van der Waals surface area contributed by atoms with Gasteiger partial charge in [-0.15, -0.1) is 0 Å². The topological polar surface area (TPSA) is 78.9 Å². The molecule has 0 N–H and O–H groups in total. The standard InChI is InChI=1S/C17H15F2N3O2.C6H8N2/c1-9-20-17-15(24-9)14(12-3-2-11(18)8-13(12)19)21-16(22-17)10-4-6-23-7-5-10;1-4-7-8(5-1)6-2-3-6/h2-3,8,10H,4-7H2,1H3;1,4-6H,2-3H2. The van der Waals surface area contributed by atoms with Crippen LogP contribution in [0.15, 0.2) is 41.1 Å². The largest absolute Gasteiger partial charge is 0.437 e. The van der Waals surface area contributed by atoms with Crippen LogP contribution in [0.3, 0.4) is 0 Å². The van der Waals surface area contributed by atoms with Crippen molar-refractivity contribution in [2.75, 3.05) is 13.2 Å². The Morgan fingerprint density at radius 2 is 1.84 bits per heavy atom. The molecule has 0 atom stereocenters. The maximum absolute atomic E-state index is 14.3. The molecule has 0 unspecified atom stereocenters. The second kappa shape index (κ2) is 8.74. The lowest BCUT2D eigenvalue weighted by molar-refractivity contribution is 0.0836. The molecule has 166 valence electrons. The SMILES string of the molecule is Cc1nc2nc(C3CCOCC3)nc(-c3ccc(F)cc3F)c2o1.c1cnn(C2CC2)c1. The second-order valence-corrected chi connectivity index (χ2v) is 8.04. The molecule has 3 aromatic heterocycles. The minimum atomic E-state index is -0.693. The predicted octanol–water partition coefficient (Wildman–Crippen LogP) is 4.98. The van der Waals surface area contributed by atoms with Crippen LogP contribution < -0.4 is 0 Å². The van der Waals surface area contributed by atoms with Crippen molar-refractivity contribution >= 4 is 11.2 Å². The molecule has 2 aliphatic rings. The Morgan fingerprint density at radius 3 is 2.53 bits per heavy atom. The number of halogens is 2. The summed E-state index contributed by atoms with van der Waals surface area (Å²) in [6.45, 7) is 2.98. The van der Waals surface area contributed by atoms with Gasteiger partial charge in [0.1, 0.15) is 23.2 Å². The number of aryl methyl sites for hydroxylation is 1. The summed E-state index contributed by atoms with van der Waals surface area (Å²) in [7, 11) is 0. The fourth-order valence-electron chi connectivity index (χ4n) is 3.78. The maximum Gasteiger partial charge on any atom is 0.202 e. The normalized spacial score (nSPS) is 16.7. The first-order chi connectivity index (χ1) is 15.6. The van der Waals surface area contributed by atoms with Gasteiger partial charge in [-0.05, 0) is 43.9 Å². The van der Waals surface area contributed by atoms with E-state index in [2.05, 4.69) is 20.1 Å². The van der Waals surface area contributed by atoms with E-state index in [-0.39, 0.29) is 11.5 Å². The molecule has 1 saturated heterocycles. The number of hydrogen-bond donors (Lipinski definition) is 0. The molecule has 0 radical (unpaired) electrons. The smallest absolute Gasteiger partial charge is 0.202 e. The molecule has 9 heteroatoms. The van der Waals surface area contributed by atoms with Gasteiger partial charge in [-0.1, -0.05) is 0 Å². The van der Waals surface area contributed by atoms with Crippen LogP contribution in [0.2, 0.25) is 0 Å². The Bertz CT molecular complexity index is 1210. The average Bonchev–Trinajstić information content (AvgIpc) is 3.35. The molecule has 1 aromatic carbocycles. The van der Waals surface area contributed by atoms with Crippen LogP contribution in [0.25, 0.3) is 22.5 Å². The molecule has 1 aliphatic carbocycles. The predicted molar refractivity (Wildman–Crippen MR) is 113 cm³/mol.